The fourth-order valence-corrected chi connectivity index (χ4v) is 2.95. The molecule has 3 N–H and O–H groups in total. The summed E-state index contributed by atoms with van der Waals surface area (Å²) in [5.41, 5.74) is 7.91. The van der Waals surface area contributed by atoms with Crippen molar-refractivity contribution in [2.75, 3.05) is 0 Å². The Balaban J connectivity index is 2.46. The third kappa shape index (κ3) is 2.96. The Morgan fingerprint density at radius 2 is 1.89 bits per heavy atom. The summed E-state index contributed by atoms with van der Waals surface area (Å²) in [6.07, 6.45) is 0. The summed E-state index contributed by atoms with van der Waals surface area (Å²) in [6.45, 7) is 4.02. The van der Waals surface area contributed by atoms with E-state index in [1.807, 2.05) is 26.0 Å². The van der Waals surface area contributed by atoms with Crippen molar-refractivity contribution >= 4 is 17.6 Å². The van der Waals surface area contributed by atoms with E-state index < -0.39 is 5.82 Å². The second kappa shape index (κ2) is 5.45. The van der Waals surface area contributed by atoms with Gasteiger partial charge in [0.1, 0.15) is 11.7 Å². The van der Waals surface area contributed by atoms with Crippen LogP contribution in [0.3, 0.4) is 0 Å². The van der Waals surface area contributed by atoms with Gasteiger partial charge in [0.05, 0.1) is 5.56 Å². The third-order valence-corrected chi connectivity index (χ3v) is 4.03. The number of halogens is 1. The average Bonchev–Trinajstić information content (AvgIpc) is 2.33. The van der Waals surface area contributed by atoms with Gasteiger partial charge in [-0.3, -0.25) is 5.41 Å². The molecule has 0 aliphatic heterocycles. The van der Waals surface area contributed by atoms with E-state index in [-0.39, 0.29) is 11.4 Å². The molecule has 2 nitrogen and oxygen atoms in total. The summed E-state index contributed by atoms with van der Waals surface area (Å²) in [5.74, 6) is -0.700. The molecule has 0 spiro atoms. The molecule has 0 saturated heterocycles. The average molecular weight is 274 g/mol. The van der Waals surface area contributed by atoms with E-state index in [4.69, 9.17) is 11.1 Å². The maximum absolute atomic E-state index is 13.7. The third-order valence-electron chi connectivity index (χ3n) is 2.81. The van der Waals surface area contributed by atoms with Crippen LogP contribution in [0, 0.1) is 25.1 Å². The molecule has 0 atom stereocenters. The molecule has 0 saturated carbocycles. The SMILES string of the molecule is Cc1ccc(C)c(Sc2cccc(F)c2C(=N)N)c1. The molecule has 2 aromatic carbocycles. The number of benzene rings is 2. The van der Waals surface area contributed by atoms with Crippen LogP contribution < -0.4 is 5.73 Å². The smallest absolute Gasteiger partial charge is 0.135 e. The number of hydrogen-bond donors (Lipinski definition) is 2. The Labute approximate surface area is 116 Å². The molecular weight excluding hydrogens is 259 g/mol. The molecule has 4 heteroatoms. The largest absolute Gasteiger partial charge is 0.384 e. The van der Waals surface area contributed by atoms with Crippen molar-refractivity contribution in [2.45, 2.75) is 23.6 Å². The van der Waals surface area contributed by atoms with Crippen molar-refractivity contribution in [3.8, 4) is 0 Å². The predicted molar refractivity (Wildman–Crippen MR) is 77.5 cm³/mol. The molecule has 19 heavy (non-hydrogen) atoms. The molecule has 98 valence electrons. The van der Waals surface area contributed by atoms with Crippen molar-refractivity contribution in [3.63, 3.8) is 0 Å². The van der Waals surface area contributed by atoms with Crippen LogP contribution in [0.1, 0.15) is 16.7 Å². The quantitative estimate of drug-likeness (QED) is 0.659. The van der Waals surface area contributed by atoms with Crippen molar-refractivity contribution in [1.29, 1.82) is 5.41 Å². The second-order valence-electron chi connectivity index (χ2n) is 4.40. The van der Waals surface area contributed by atoms with E-state index in [9.17, 15) is 4.39 Å². The molecule has 0 bridgehead atoms. The summed E-state index contributed by atoms with van der Waals surface area (Å²) in [6, 6.07) is 10.9. The fourth-order valence-electron chi connectivity index (χ4n) is 1.79. The first-order valence-electron chi connectivity index (χ1n) is 5.87. The fraction of sp³-hybridized carbons (Fsp3) is 0.133. The first kappa shape index (κ1) is 13.6. The van der Waals surface area contributed by atoms with E-state index in [1.165, 1.54) is 17.8 Å². The number of nitrogens with two attached hydrogens (primary N) is 1. The molecule has 0 fully saturated rings. The van der Waals surface area contributed by atoms with Crippen LogP contribution in [-0.2, 0) is 0 Å². The van der Waals surface area contributed by atoms with Gasteiger partial charge in [-0.2, -0.15) is 0 Å². The number of amidine groups is 1. The van der Waals surface area contributed by atoms with Crippen molar-refractivity contribution in [1.82, 2.24) is 0 Å². The van der Waals surface area contributed by atoms with Crippen LogP contribution in [0.2, 0.25) is 0 Å². The van der Waals surface area contributed by atoms with Crippen LogP contribution in [-0.4, -0.2) is 5.84 Å². The van der Waals surface area contributed by atoms with Gasteiger partial charge in [0.2, 0.25) is 0 Å². The Hall–Kier alpha value is -1.81. The van der Waals surface area contributed by atoms with E-state index in [2.05, 4.69) is 6.07 Å². The molecule has 0 heterocycles. The summed E-state index contributed by atoms with van der Waals surface area (Å²) in [4.78, 5) is 1.72. The van der Waals surface area contributed by atoms with Crippen LogP contribution in [0.4, 0.5) is 4.39 Å². The molecule has 2 rings (SSSR count). The molecule has 0 aliphatic carbocycles. The number of nitrogens with one attached hydrogen (secondary N) is 1. The zero-order valence-electron chi connectivity index (χ0n) is 10.8. The van der Waals surface area contributed by atoms with Gasteiger partial charge in [-0.25, -0.2) is 4.39 Å². The van der Waals surface area contributed by atoms with Gasteiger partial charge < -0.3 is 5.73 Å². The summed E-state index contributed by atoms with van der Waals surface area (Å²) in [7, 11) is 0. The topological polar surface area (TPSA) is 49.9 Å². The van der Waals surface area contributed by atoms with E-state index in [0.29, 0.717) is 4.90 Å². The molecule has 2 aromatic rings. The van der Waals surface area contributed by atoms with Gasteiger partial charge in [-0.05, 0) is 43.2 Å². The minimum absolute atomic E-state index is 0.174. The molecule has 0 amide bonds. The highest BCUT2D eigenvalue weighted by molar-refractivity contribution is 7.99. The lowest BCUT2D eigenvalue weighted by Gasteiger charge is -2.11. The highest BCUT2D eigenvalue weighted by atomic mass is 32.2. The van der Waals surface area contributed by atoms with Gasteiger partial charge in [0.25, 0.3) is 0 Å². The summed E-state index contributed by atoms with van der Waals surface area (Å²) in [5, 5.41) is 7.50. The van der Waals surface area contributed by atoms with Crippen LogP contribution in [0.25, 0.3) is 0 Å². The first-order chi connectivity index (χ1) is 8.99. The van der Waals surface area contributed by atoms with Gasteiger partial charge in [0.15, 0.2) is 0 Å². The monoisotopic (exact) mass is 274 g/mol. The van der Waals surface area contributed by atoms with Crippen LogP contribution in [0.5, 0.6) is 0 Å². The highest BCUT2D eigenvalue weighted by Crippen LogP contribution is 2.33. The van der Waals surface area contributed by atoms with Crippen LogP contribution in [0.15, 0.2) is 46.2 Å². The Kier molecular flexibility index (Phi) is 3.90. The first-order valence-corrected chi connectivity index (χ1v) is 6.68. The van der Waals surface area contributed by atoms with Crippen molar-refractivity contribution in [3.05, 3.63) is 58.9 Å². The standard InChI is InChI=1S/C15H15FN2S/c1-9-6-7-10(2)13(8-9)19-12-5-3-4-11(16)14(12)15(17)18/h3-8H,1-2H3,(H3,17,18). The summed E-state index contributed by atoms with van der Waals surface area (Å²) >= 11 is 1.44. The Morgan fingerprint density at radius 1 is 1.16 bits per heavy atom. The number of hydrogen-bond acceptors (Lipinski definition) is 2. The molecule has 0 unspecified atom stereocenters. The number of aryl methyl sites for hydroxylation is 2. The number of rotatable bonds is 3. The van der Waals surface area contributed by atoms with E-state index >= 15 is 0 Å². The van der Waals surface area contributed by atoms with Crippen molar-refractivity contribution < 1.29 is 4.39 Å². The van der Waals surface area contributed by atoms with Gasteiger partial charge in [-0.15, -0.1) is 0 Å². The zero-order valence-corrected chi connectivity index (χ0v) is 11.6. The normalized spacial score (nSPS) is 10.5. The van der Waals surface area contributed by atoms with Gasteiger partial charge >= 0.3 is 0 Å². The lowest BCUT2D eigenvalue weighted by atomic mass is 10.2. The summed E-state index contributed by atoms with van der Waals surface area (Å²) < 4.78 is 13.7. The number of nitrogen functional groups attached to an aromatic ring is 1. The molecular formula is C15H15FN2S. The lowest BCUT2D eigenvalue weighted by Crippen LogP contribution is -2.14. The molecule has 0 aromatic heterocycles. The minimum Gasteiger partial charge on any atom is -0.384 e. The highest BCUT2D eigenvalue weighted by Gasteiger charge is 2.13. The molecule has 0 radical (unpaired) electrons. The van der Waals surface area contributed by atoms with Crippen molar-refractivity contribution in [2.24, 2.45) is 5.73 Å². The Bertz CT molecular complexity index is 638. The van der Waals surface area contributed by atoms with Crippen LogP contribution >= 0.6 is 11.8 Å². The van der Waals surface area contributed by atoms with E-state index in [0.717, 1.165) is 16.0 Å². The minimum atomic E-state index is -0.456. The molecule has 0 aliphatic rings. The maximum Gasteiger partial charge on any atom is 0.135 e. The Morgan fingerprint density at radius 3 is 2.58 bits per heavy atom. The maximum atomic E-state index is 13.7. The zero-order chi connectivity index (χ0) is 14.0. The second-order valence-corrected chi connectivity index (χ2v) is 5.48. The van der Waals surface area contributed by atoms with Gasteiger partial charge in [0, 0.05) is 9.79 Å². The predicted octanol–water partition coefficient (Wildman–Crippen LogP) is 3.88. The van der Waals surface area contributed by atoms with Gasteiger partial charge in [-0.1, -0.05) is 30.0 Å². The van der Waals surface area contributed by atoms with E-state index in [1.54, 1.807) is 12.1 Å². The lowest BCUT2D eigenvalue weighted by molar-refractivity contribution is 0.621.